The third-order valence-electron chi connectivity index (χ3n) is 5.55. The van der Waals surface area contributed by atoms with Crippen LogP contribution >= 0.6 is 11.6 Å². The first-order chi connectivity index (χ1) is 15.3. The molecule has 1 saturated carbocycles. The van der Waals surface area contributed by atoms with Gasteiger partial charge in [0.05, 0.1) is 5.56 Å². The van der Waals surface area contributed by atoms with E-state index in [1.807, 2.05) is 0 Å². The van der Waals surface area contributed by atoms with Crippen LogP contribution in [0.15, 0.2) is 48.8 Å². The van der Waals surface area contributed by atoms with Crippen molar-refractivity contribution in [2.24, 2.45) is 0 Å². The van der Waals surface area contributed by atoms with Gasteiger partial charge in [-0.05, 0) is 36.6 Å². The van der Waals surface area contributed by atoms with E-state index < -0.39 is 35.5 Å². The van der Waals surface area contributed by atoms with Gasteiger partial charge in [0.25, 0.3) is 0 Å². The average Bonchev–Trinajstić information content (AvgIpc) is 2.79. The van der Waals surface area contributed by atoms with Crippen molar-refractivity contribution in [3.63, 3.8) is 0 Å². The highest BCUT2D eigenvalue weighted by atomic mass is 35.5. The van der Waals surface area contributed by atoms with Crippen LogP contribution in [0, 0.1) is 0 Å². The molecule has 9 heteroatoms. The lowest BCUT2D eigenvalue weighted by Gasteiger charge is -2.33. The minimum Gasteiger partial charge on any atom is -0.351 e. The van der Waals surface area contributed by atoms with Crippen LogP contribution < -0.4 is 5.32 Å². The topological polar surface area (TPSA) is 62.3 Å². The summed E-state index contributed by atoms with van der Waals surface area (Å²) in [6.07, 6.45) is 3.34. The molecule has 1 atom stereocenters. The van der Waals surface area contributed by atoms with Gasteiger partial charge in [-0.1, -0.05) is 37.5 Å². The minimum absolute atomic E-state index is 0.00284. The molecule has 0 spiro atoms. The van der Waals surface area contributed by atoms with Gasteiger partial charge in [0.2, 0.25) is 11.8 Å². The highest BCUT2D eigenvalue weighted by Gasteiger charge is 2.34. The molecule has 3 rings (SSSR count). The summed E-state index contributed by atoms with van der Waals surface area (Å²) in [7, 11) is 0. The zero-order valence-corrected chi connectivity index (χ0v) is 18.2. The number of halogens is 4. The van der Waals surface area contributed by atoms with Gasteiger partial charge >= 0.3 is 6.18 Å². The number of aromatic nitrogens is 1. The molecule has 1 N–H and O–H groups in total. The first kappa shape index (κ1) is 24.0. The van der Waals surface area contributed by atoms with Gasteiger partial charge < -0.3 is 10.2 Å². The quantitative estimate of drug-likeness (QED) is 0.592. The van der Waals surface area contributed by atoms with Gasteiger partial charge in [-0.15, -0.1) is 11.6 Å². The number of rotatable bonds is 7. The van der Waals surface area contributed by atoms with Crippen LogP contribution in [0.3, 0.4) is 0 Å². The number of hydrogen-bond donors (Lipinski definition) is 1. The number of pyridine rings is 1. The first-order valence-electron chi connectivity index (χ1n) is 10.5. The molecule has 32 heavy (non-hydrogen) atoms. The van der Waals surface area contributed by atoms with Gasteiger partial charge in [-0.2, -0.15) is 13.2 Å². The molecular weight excluding hydrogens is 443 g/mol. The number of amides is 2. The SMILES string of the molecule is O=C(NC1CCCCC1)C(c1cccnc1)N(Cc1cccc(C(F)(F)F)c1)C(=O)CCl. The highest BCUT2D eigenvalue weighted by Crippen LogP contribution is 2.31. The number of hydrogen-bond acceptors (Lipinski definition) is 3. The van der Waals surface area contributed by atoms with Crippen molar-refractivity contribution in [2.45, 2.75) is 56.9 Å². The Hall–Kier alpha value is -2.61. The van der Waals surface area contributed by atoms with E-state index >= 15 is 0 Å². The Bertz CT molecular complexity index is 918. The molecule has 1 aliphatic rings. The number of alkyl halides is 4. The zero-order valence-electron chi connectivity index (χ0n) is 17.4. The molecule has 0 bridgehead atoms. The van der Waals surface area contributed by atoms with Crippen LogP contribution in [0.25, 0.3) is 0 Å². The van der Waals surface area contributed by atoms with Crippen molar-refractivity contribution in [1.82, 2.24) is 15.2 Å². The molecule has 1 aromatic carbocycles. The number of carbonyl (C=O) groups is 2. The lowest BCUT2D eigenvalue weighted by Crippen LogP contribution is -2.47. The maximum Gasteiger partial charge on any atom is 0.416 e. The third kappa shape index (κ3) is 6.22. The van der Waals surface area contributed by atoms with E-state index in [1.54, 1.807) is 18.3 Å². The molecule has 0 aliphatic heterocycles. The molecule has 172 valence electrons. The molecule has 2 aromatic rings. The molecule has 5 nitrogen and oxygen atoms in total. The molecule has 1 heterocycles. The lowest BCUT2D eigenvalue weighted by molar-refractivity contribution is -0.140. The molecule has 1 unspecified atom stereocenters. The number of benzene rings is 1. The number of carbonyl (C=O) groups excluding carboxylic acids is 2. The van der Waals surface area contributed by atoms with E-state index in [2.05, 4.69) is 10.3 Å². The summed E-state index contributed by atoms with van der Waals surface area (Å²) in [5.41, 5.74) is -0.109. The smallest absolute Gasteiger partial charge is 0.351 e. The van der Waals surface area contributed by atoms with E-state index in [0.29, 0.717) is 5.56 Å². The summed E-state index contributed by atoms with van der Waals surface area (Å²) in [6.45, 7) is -0.201. The summed E-state index contributed by atoms with van der Waals surface area (Å²) in [6, 6.07) is 6.96. The fourth-order valence-corrected chi connectivity index (χ4v) is 4.13. The normalized spacial score (nSPS) is 15.8. The monoisotopic (exact) mass is 467 g/mol. The standard InChI is InChI=1S/C23H25ClF3N3O2/c24-13-20(31)30(15-16-6-4-8-18(12-16)23(25,26)27)21(17-7-5-11-28-14-17)22(32)29-19-9-2-1-3-10-19/h4-8,11-12,14,19,21H,1-3,9-10,13,15H2,(H,29,32). The summed E-state index contributed by atoms with van der Waals surface area (Å²) in [4.78, 5) is 31.4. The lowest BCUT2D eigenvalue weighted by atomic mass is 9.94. The van der Waals surface area contributed by atoms with Crippen molar-refractivity contribution < 1.29 is 22.8 Å². The maximum atomic E-state index is 13.3. The highest BCUT2D eigenvalue weighted by molar-refractivity contribution is 6.27. The Balaban J connectivity index is 1.94. The summed E-state index contributed by atoms with van der Waals surface area (Å²) in [5.74, 6) is -1.36. The largest absolute Gasteiger partial charge is 0.416 e. The Morgan fingerprint density at radius 1 is 1.16 bits per heavy atom. The van der Waals surface area contributed by atoms with Gasteiger partial charge in [0.15, 0.2) is 0 Å². The van der Waals surface area contributed by atoms with Crippen LogP contribution in [0.2, 0.25) is 0 Å². The fraction of sp³-hybridized carbons (Fsp3) is 0.435. The van der Waals surface area contributed by atoms with Crippen molar-refractivity contribution >= 4 is 23.4 Å². The van der Waals surface area contributed by atoms with Crippen LogP contribution in [0.4, 0.5) is 13.2 Å². The average molecular weight is 468 g/mol. The van der Waals surface area contributed by atoms with Gasteiger partial charge in [0.1, 0.15) is 11.9 Å². The Labute approximate surface area is 190 Å². The molecule has 2 amide bonds. The van der Waals surface area contributed by atoms with Crippen molar-refractivity contribution in [2.75, 3.05) is 5.88 Å². The van der Waals surface area contributed by atoms with Crippen molar-refractivity contribution in [1.29, 1.82) is 0 Å². The maximum absolute atomic E-state index is 13.3. The predicted octanol–water partition coefficient (Wildman–Crippen LogP) is 4.86. The molecule has 0 radical (unpaired) electrons. The second-order valence-electron chi connectivity index (χ2n) is 7.89. The Morgan fingerprint density at radius 3 is 2.53 bits per heavy atom. The van der Waals surface area contributed by atoms with Crippen molar-refractivity contribution in [3.8, 4) is 0 Å². The van der Waals surface area contributed by atoms with Crippen LogP contribution in [-0.2, 0) is 22.3 Å². The van der Waals surface area contributed by atoms with E-state index in [1.165, 1.54) is 23.2 Å². The fourth-order valence-electron chi connectivity index (χ4n) is 3.98. The van der Waals surface area contributed by atoms with Crippen molar-refractivity contribution in [3.05, 3.63) is 65.5 Å². The number of nitrogens with one attached hydrogen (secondary N) is 1. The van der Waals surface area contributed by atoms with Gasteiger partial charge in [0, 0.05) is 30.5 Å². The second-order valence-corrected chi connectivity index (χ2v) is 8.15. The summed E-state index contributed by atoms with van der Waals surface area (Å²) in [5, 5.41) is 3.01. The molecular formula is C23H25ClF3N3O2. The van der Waals surface area contributed by atoms with E-state index in [4.69, 9.17) is 11.6 Å². The number of nitrogens with zero attached hydrogens (tertiary/aromatic N) is 2. The molecule has 1 aliphatic carbocycles. The van der Waals surface area contributed by atoms with Crippen LogP contribution in [0.5, 0.6) is 0 Å². The molecule has 1 aromatic heterocycles. The summed E-state index contributed by atoms with van der Waals surface area (Å²) >= 11 is 5.83. The third-order valence-corrected chi connectivity index (χ3v) is 5.78. The Morgan fingerprint density at radius 2 is 1.91 bits per heavy atom. The van der Waals surface area contributed by atoms with E-state index in [-0.39, 0.29) is 18.2 Å². The first-order valence-corrected chi connectivity index (χ1v) is 11.0. The summed E-state index contributed by atoms with van der Waals surface area (Å²) < 4.78 is 39.5. The Kier molecular flexibility index (Phi) is 8.12. The zero-order chi connectivity index (χ0) is 23.1. The van der Waals surface area contributed by atoms with E-state index in [9.17, 15) is 22.8 Å². The van der Waals surface area contributed by atoms with Crippen LogP contribution in [0.1, 0.15) is 54.8 Å². The second kappa shape index (κ2) is 10.8. The van der Waals surface area contributed by atoms with Gasteiger partial charge in [-0.25, -0.2) is 0 Å². The predicted molar refractivity (Wildman–Crippen MR) is 115 cm³/mol. The molecule has 1 fully saturated rings. The van der Waals surface area contributed by atoms with Gasteiger partial charge in [-0.3, -0.25) is 14.6 Å². The molecule has 0 saturated heterocycles. The minimum atomic E-state index is -4.52. The van der Waals surface area contributed by atoms with Crippen LogP contribution in [-0.4, -0.2) is 33.6 Å². The van der Waals surface area contributed by atoms with E-state index in [0.717, 1.165) is 44.2 Å².